The summed E-state index contributed by atoms with van der Waals surface area (Å²) in [5.41, 5.74) is 1.92. The molecule has 3 aromatic rings. The molecule has 0 saturated heterocycles. The van der Waals surface area contributed by atoms with Crippen LogP contribution in [0.15, 0.2) is 78.9 Å². The highest BCUT2D eigenvalue weighted by atomic mass is 16.5. The monoisotopic (exact) mass is 419 g/mol. The number of ether oxygens (including phenoxy) is 3. The summed E-state index contributed by atoms with van der Waals surface area (Å²) in [5.74, 6) is 2.45. The topological polar surface area (TPSA) is 56.8 Å². The van der Waals surface area contributed by atoms with Crippen LogP contribution < -0.4 is 19.5 Å². The maximum atomic E-state index is 12.4. The number of amides is 1. The summed E-state index contributed by atoms with van der Waals surface area (Å²) >= 11 is 0. The molecule has 0 aliphatic rings. The van der Waals surface area contributed by atoms with Gasteiger partial charge in [0.2, 0.25) is 0 Å². The average Bonchev–Trinajstić information content (AvgIpc) is 2.79. The lowest BCUT2D eigenvalue weighted by molar-refractivity contribution is -0.122. The lowest BCUT2D eigenvalue weighted by Gasteiger charge is -2.16. The number of anilines is 1. The van der Waals surface area contributed by atoms with Gasteiger partial charge < -0.3 is 19.5 Å². The maximum Gasteiger partial charge on any atom is 0.265 e. The predicted octanol–water partition coefficient (Wildman–Crippen LogP) is 5.67. The summed E-state index contributed by atoms with van der Waals surface area (Å²) in [4.78, 5) is 12.4. The molecule has 5 nitrogen and oxygen atoms in total. The molecule has 0 radical (unpaired) electrons. The molecule has 1 atom stereocenters. The molecule has 1 N–H and O–H groups in total. The second-order valence-corrected chi connectivity index (χ2v) is 7.51. The molecule has 0 unspecified atom stereocenters. The zero-order valence-electron chi connectivity index (χ0n) is 18.2. The van der Waals surface area contributed by atoms with Crippen molar-refractivity contribution in [2.75, 3.05) is 18.5 Å². The van der Waals surface area contributed by atoms with E-state index in [9.17, 15) is 4.79 Å². The van der Waals surface area contributed by atoms with E-state index in [-0.39, 0.29) is 5.91 Å². The Morgan fingerprint density at radius 1 is 0.742 bits per heavy atom. The van der Waals surface area contributed by atoms with Crippen LogP contribution in [0.3, 0.4) is 0 Å². The van der Waals surface area contributed by atoms with Gasteiger partial charge in [0.15, 0.2) is 6.10 Å². The van der Waals surface area contributed by atoms with Gasteiger partial charge in [0.1, 0.15) is 30.5 Å². The molecule has 31 heavy (non-hydrogen) atoms. The van der Waals surface area contributed by atoms with Gasteiger partial charge in [-0.15, -0.1) is 0 Å². The van der Waals surface area contributed by atoms with E-state index in [0.29, 0.717) is 36.3 Å². The average molecular weight is 420 g/mol. The van der Waals surface area contributed by atoms with Gasteiger partial charge in [-0.1, -0.05) is 44.2 Å². The van der Waals surface area contributed by atoms with Crippen molar-refractivity contribution >= 4 is 11.6 Å². The highest BCUT2D eigenvalue weighted by molar-refractivity contribution is 5.94. The van der Waals surface area contributed by atoms with Crippen LogP contribution >= 0.6 is 0 Å². The van der Waals surface area contributed by atoms with E-state index in [1.54, 1.807) is 19.1 Å². The Kier molecular flexibility index (Phi) is 7.93. The van der Waals surface area contributed by atoms with Gasteiger partial charge >= 0.3 is 0 Å². The van der Waals surface area contributed by atoms with Crippen LogP contribution in [0.4, 0.5) is 5.69 Å². The third-order valence-corrected chi connectivity index (χ3v) is 4.71. The summed E-state index contributed by atoms with van der Waals surface area (Å²) in [6, 6.07) is 24.7. The molecule has 0 aliphatic carbocycles. The summed E-state index contributed by atoms with van der Waals surface area (Å²) in [7, 11) is 0. The van der Waals surface area contributed by atoms with Crippen LogP contribution in [-0.2, 0) is 4.79 Å². The molecule has 0 spiro atoms. The number of nitrogens with one attached hydrogen (secondary N) is 1. The Balaban J connectivity index is 1.42. The van der Waals surface area contributed by atoms with E-state index >= 15 is 0 Å². The number of hydrogen-bond donors (Lipinski definition) is 1. The number of rotatable bonds is 10. The number of carbonyl (C=O) groups excluding carboxylic acids is 1. The fourth-order valence-electron chi connectivity index (χ4n) is 2.90. The zero-order valence-corrected chi connectivity index (χ0v) is 18.2. The molecule has 0 fully saturated rings. The van der Waals surface area contributed by atoms with Crippen molar-refractivity contribution < 1.29 is 19.0 Å². The van der Waals surface area contributed by atoms with Crippen LogP contribution in [0, 0.1) is 0 Å². The summed E-state index contributed by atoms with van der Waals surface area (Å²) in [6.45, 7) is 6.90. The fraction of sp³-hybridized carbons (Fsp3) is 0.269. The SMILES string of the molecule is CC(C)c1ccc(O[C@@H](C)C(=O)Nc2ccc(OCCOc3ccccc3)cc2)cc1. The lowest BCUT2D eigenvalue weighted by Crippen LogP contribution is -2.30. The molecule has 0 heterocycles. The molecule has 0 aliphatic heterocycles. The third kappa shape index (κ3) is 7.07. The van der Waals surface area contributed by atoms with Crippen molar-refractivity contribution in [1.29, 1.82) is 0 Å². The third-order valence-electron chi connectivity index (χ3n) is 4.71. The summed E-state index contributed by atoms with van der Waals surface area (Å²) in [6.07, 6.45) is -0.615. The van der Waals surface area contributed by atoms with Crippen molar-refractivity contribution in [3.8, 4) is 17.2 Å². The van der Waals surface area contributed by atoms with Crippen LogP contribution in [0.1, 0.15) is 32.3 Å². The molecule has 1 amide bonds. The molecule has 3 aromatic carbocycles. The number of benzene rings is 3. The minimum Gasteiger partial charge on any atom is -0.490 e. The van der Waals surface area contributed by atoms with Crippen molar-refractivity contribution in [3.63, 3.8) is 0 Å². The van der Waals surface area contributed by atoms with E-state index in [0.717, 1.165) is 5.75 Å². The highest BCUT2D eigenvalue weighted by Crippen LogP contribution is 2.20. The molecule has 0 aromatic heterocycles. The van der Waals surface area contributed by atoms with E-state index in [4.69, 9.17) is 14.2 Å². The van der Waals surface area contributed by atoms with Crippen LogP contribution in [-0.4, -0.2) is 25.2 Å². The van der Waals surface area contributed by atoms with Gasteiger partial charge in [-0.25, -0.2) is 0 Å². The molecular formula is C26H29NO4. The molecule has 0 saturated carbocycles. The van der Waals surface area contributed by atoms with Crippen molar-refractivity contribution in [3.05, 3.63) is 84.4 Å². The van der Waals surface area contributed by atoms with Crippen molar-refractivity contribution in [1.82, 2.24) is 0 Å². The van der Waals surface area contributed by atoms with Gasteiger partial charge in [-0.2, -0.15) is 0 Å². The normalized spacial score (nSPS) is 11.6. The smallest absolute Gasteiger partial charge is 0.265 e. The van der Waals surface area contributed by atoms with E-state index in [2.05, 4.69) is 19.2 Å². The second kappa shape index (κ2) is 11.1. The number of hydrogen-bond acceptors (Lipinski definition) is 4. The van der Waals surface area contributed by atoms with Gasteiger partial charge in [-0.05, 0) is 66.9 Å². The first-order valence-corrected chi connectivity index (χ1v) is 10.5. The van der Waals surface area contributed by atoms with Crippen LogP contribution in [0.25, 0.3) is 0 Å². The lowest BCUT2D eigenvalue weighted by atomic mass is 10.0. The first-order valence-electron chi connectivity index (χ1n) is 10.5. The summed E-state index contributed by atoms with van der Waals surface area (Å²) in [5, 5.41) is 2.86. The first kappa shape index (κ1) is 22.2. The minimum absolute atomic E-state index is 0.210. The first-order chi connectivity index (χ1) is 15.0. The predicted molar refractivity (Wildman–Crippen MR) is 123 cm³/mol. The van der Waals surface area contributed by atoms with Gasteiger partial charge in [0.05, 0.1) is 0 Å². The Hall–Kier alpha value is -3.47. The Bertz CT molecular complexity index is 937. The number of carbonyl (C=O) groups is 1. The molecule has 3 rings (SSSR count). The Morgan fingerprint density at radius 2 is 1.29 bits per heavy atom. The molecule has 162 valence electrons. The van der Waals surface area contributed by atoms with Crippen LogP contribution in [0.5, 0.6) is 17.2 Å². The van der Waals surface area contributed by atoms with Gasteiger partial charge in [-0.3, -0.25) is 4.79 Å². The molecule has 0 bridgehead atoms. The summed E-state index contributed by atoms with van der Waals surface area (Å²) < 4.78 is 17.0. The van der Waals surface area contributed by atoms with E-state index < -0.39 is 6.10 Å². The quantitative estimate of drug-likeness (QED) is 0.430. The largest absolute Gasteiger partial charge is 0.490 e. The van der Waals surface area contributed by atoms with Crippen molar-refractivity contribution in [2.45, 2.75) is 32.8 Å². The zero-order chi connectivity index (χ0) is 22.1. The Labute approximate surface area is 184 Å². The highest BCUT2D eigenvalue weighted by Gasteiger charge is 2.15. The van der Waals surface area contributed by atoms with Gasteiger partial charge in [0.25, 0.3) is 5.91 Å². The van der Waals surface area contributed by atoms with E-state index in [1.165, 1.54) is 5.56 Å². The number of para-hydroxylation sites is 1. The van der Waals surface area contributed by atoms with Crippen LogP contribution in [0.2, 0.25) is 0 Å². The van der Waals surface area contributed by atoms with E-state index in [1.807, 2.05) is 66.7 Å². The maximum absolute atomic E-state index is 12.4. The molecular weight excluding hydrogens is 390 g/mol. The standard InChI is InChI=1S/C26H29NO4/c1-19(2)21-9-13-25(14-10-21)31-20(3)26(28)27-22-11-15-24(16-12-22)30-18-17-29-23-7-5-4-6-8-23/h4-16,19-20H,17-18H2,1-3H3,(H,27,28)/t20-/m0/s1. The van der Waals surface area contributed by atoms with Gasteiger partial charge in [0, 0.05) is 5.69 Å². The van der Waals surface area contributed by atoms with Crippen molar-refractivity contribution in [2.24, 2.45) is 0 Å². The molecule has 5 heteroatoms. The fourth-order valence-corrected chi connectivity index (χ4v) is 2.90. The second-order valence-electron chi connectivity index (χ2n) is 7.51. The minimum atomic E-state index is -0.615. The Morgan fingerprint density at radius 3 is 1.87 bits per heavy atom.